The molecule has 2 aromatic carbocycles. The molecule has 2 saturated heterocycles. The Labute approximate surface area is 227 Å². The van der Waals surface area contributed by atoms with Gasteiger partial charge in [-0.05, 0) is 75.2 Å². The summed E-state index contributed by atoms with van der Waals surface area (Å²) in [5, 5.41) is 16.9. The number of nitrogens with zero attached hydrogens (tertiary/aromatic N) is 2. The zero-order valence-corrected chi connectivity index (χ0v) is 21.9. The number of likely N-dealkylation sites (tertiary alicyclic amines) is 1. The Bertz CT molecular complexity index is 1320. The van der Waals surface area contributed by atoms with Gasteiger partial charge in [-0.25, -0.2) is 26.8 Å². The molecule has 2 heterocycles. The van der Waals surface area contributed by atoms with Crippen molar-refractivity contribution in [2.24, 2.45) is 0 Å². The molecule has 15 heteroatoms. The van der Waals surface area contributed by atoms with E-state index in [-0.39, 0.29) is 11.3 Å². The van der Waals surface area contributed by atoms with Crippen molar-refractivity contribution in [1.82, 2.24) is 4.90 Å². The van der Waals surface area contributed by atoms with Gasteiger partial charge < -0.3 is 20.0 Å². The van der Waals surface area contributed by atoms with E-state index in [0.29, 0.717) is 17.8 Å². The van der Waals surface area contributed by atoms with Crippen molar-refractivity contribution in [3.63, 3.8) is 0 Å². The fraction of sp³-hybridized carbons (Fsp3) is 0.440. The molecular formula is C25H28F5N3O6S. The van der Waals surface area contributed by atoms with E-state index < -0.39 is 44.7 Å². The van der Waals surface area contributed by atoms with E-state index in [2.05, 4.69) is 9.62 Å². The number of aliphatic carboxylic acids is 1. The Balaban J connectivity index is 0.000000559. The molecule has 2 fully saturated rings. The summed E-state index contributed by atoms with van der Waals surface area (Å²) in [5.74, 6) is -6.37. The SMILES string of the molecule is O=C(O)C(F)(F)F.O=C(O)c1cc(NS(=O)(=O)c2ccc(F)c(F)c2)ccc1N1CCC(N2CCCCC2)CC1. The number of carboxylic acid groups (broad SMARTS) is 2. The van der Waals surface area contributed by atoms with Crippen molar-refractivity contribution in [3.8, 4) is 0 Å². The molecule has 0 spiro atoms. The van der Waals surface area contributed by atoms with Crippen molar-refractivity contribution in [2.45, 2.75) is 49.2 Å². The van der Waals surface area contributed by atoms with Crippen molar-refractivity contribution in [2.75, 3.05) is 35.8 Å². The highest BCUT2D eigenvalue weighted by Crippen LogP contribution is 2.30. The Kier molecular flexibility index (Phi) is 9.95. The summed E-state index contributed by atoms with van der Waals surface area (Å²) in [4.78, 5) is 24.9. The number of halogens is 5. The largest absolute Gasteiger partial charge is 0.490 e. The van der Waals surface area contributed by atoms with Crippen molar-refractivity contribution in [1.29, 1.82) is 0 Å². The highest BCUT2D eigenvalue weighted by molar-refractivity contribution is 7.92. The van der Waals surface area contributed by atoms with E-state index in [1.54, 1.807) is 6.07 Å². The lowest BCUT2D eigenvalue weighted by Crippen LogP contribution is -2.47. The number of hydrogen-bond donors (Lipinski definition) is 3. The summed E-state index contributed by atoms with van der Waals surface area (Å²) >= 11 is 0. The molecule has 2 aromatic rings. The number of benzene rings is 2. The summed E-state index contributed by atoms with van der Waals surface area (Å²) in [6.07, 6.45) is 0.549. The number of nitrogens with one attached hydrogen (secondary N) is 1. The average molecular weight is 594 g/mol. The fourth-order valence-electron chi connectivity index (χ4n) is 4.66. The molecule has 9 nitrogen and oxygen atoms in total. The highest BCUT2D eigenvalue weighted by atomic mass is 32.2. The minimum atomic E-state index is -5.08. The van der Waals surface area contributed by atoms with E-state index >= 15 is 0 Å². The van der Waals surface area contributed by atoms with Crippen LogP contribution in [-0.2, 0) is 14.8 Å². The summed E-state index contributed by atoms with van der Waals surface area (Å²) in [6.45, 7) is 3.69. The number of carboxylic acids is 2. The molecular weight excluding hydrogens is 565 g/mol. The smallest absolute Gasteiger partial charge is 0.478 e. The molecule has 4 rings (SSSR count). The second-order valence-electron chi connectivity index (χ2n) is 9.34. The van der Waals surface area contributed by atoms with Crippen LogP contribution in [0.1, 0.15) is 42.5 Å². The first-order chi connectivity index (χ1) is 18.7. The number of rotatable bonds is 6. The molecule has 0 atom stereocenters. The van der Waals surface area contributed by atoms with Crippen LogP contribution in [0.3, 0.4) is 0 Å². The number of alkyl halides is 3. The minimum absolute atomic E-state index is 0.0168. The summed E-state index contributed by atoms with van der Waals surface area (Å²) < 4.78 is 85.7. The minimum Gasteiger partial charge on any atom is -0.478 e. The van der Waals surface area contributed by atoms with Gasteiger partial charge in [0.2, 0.25) is 0 Å². The topological polar surface area (TPSA) is 127 Å². The first-order valence-electron chi connectivity index (χ1n) is 12.3. The summed E-state index contributed by atoms with van der Waals surface area (Å²) in [5.41, 5.74) is 0.552. The number of sulfonamides is 1. The third-order valence-corrected chi connectivity index (χ3v) is 8.01. The Morgan fingerprint density at radius 2 is 1.48 bits per heavy atom. The lowest BCUT2D eigenvalue weighted by atomic mass is 9.98. The van der Waals surface area contributed by atoms with E-state index in [9.17, 15) is 40.3 Å². The second-order valence-corrected chi connectivity index (χ2v) is 11.0. The van der Waals surface area contributed by atoms with Gasteiger partial charge in [0.25, 0.3) is 10.0 Å². The zero-order valence-electron chi connectivity index (χ0n) is 21.1. The normalized spacial score (nSPS) is 17.1. The fourth-order valence-corrected chi connectivity index (χ4v) is 5.72. The van der Waals surface area contributed by atoms with Crippen LogP contribution in [0.4, 0.5) is 33.3 Å². The number of aromatic carboxylic acids is 1. The molecule has 40 heavy (non-hydrogen) atoms. The molecule has 0 aromatic heterocycles. The molecule has 220 valence electrons. The molecule has 3 N–H and O–H groups in total. The van der Waals surface area contributed by atoms with Gasteiger partial charge in [-0.1, -0.05) is 6.42 Å². The van der Waals surface area contributed by atoms with Crippen molar-refractivity contribution in [3.05, 3.63) is 53.6 Å². The number of piperidine rings is 2. The van der Waals surface area contributed by atoms with Crippen LogP contribution in [0.25, 0.3) is 0 Å². The van der Waals surface area contributed by atoms with E-state index in [0.717, 1.165) is 51.2 Å². The van der Waals surface area contributed by atoms with Crippen LogP contribution in [0.2, 0.25) is 0 Å². The zero-order chi connectivity index (χ0) is 29.7. The first kappa shape index (κ1) is 31.1. The van der Waals surface area contributed by atoms with Gasteiger partial charge in [-0.2, -0.15) is 13.2 Å². The highest BCUT2D eigenvalue weighted by Gasteiger charge is 2.38. The van der Waals surface area contributed by atoms with Gasteiger partial charge in [0.1, 0.15) is 0 Å². The Morgan fingerprint density at radius 1 is 0.875 bits per heavy atom. The first-order valence-corrected chi connectivity index (χ1v) is 13.8. The molecule has 2 aliphatic rings. The van der Waals surface area contributed by atoms with Crippen molar-refractivity contribution < 1.29 is 50.2 Å². The van der Waals surface area contributed by atoms with Gasteiger partial charge in [0.05, 0.1) is 16.1 Å². The third kappa shape index (κ3) is 8.03. The van der Waals surface area contributed by atoms with Gasteiger partial charge >= 0.3 is 18.1 Å². The third-order valence-electron chi connectivity index (χ3n) is 6.64. The molecule has 0 aliphatic carbocycles. The van der Waals surface area contributed by atoms with Gasteiger partial charge in [0.15, 0.2) is 11.6 Å². The lowest BCUT2D eigenvalue weighted by Gasteiger charge is -2.41. The molecule has 0 bridgehead atoms. The predicted molar refractivity (Wildman–Crippen MR) is 135 cm³/mol. The standard InChI is InChI=1S/C23H27F2N3O4S.C2HF3O2/c24-20-6-5-18(15-21(20)25)33(31,32)26-16-4-7-22(19(14-16)23(29)30)28-12-8-17(9-13-28)27-10-2-1-3-11-27;3-2(4,5)1(6)7/h4-7,14-15,17,26H,1-3,8-13H2,(H,29,30);(H,6,7). The molecule has 0 unspecified atom stereocenters. The average Bonchev–Trinajstić information content (AvgIpc) is 2.90. The van der Waals surface area contributed by atoms with Gasteiger partial charge in [0, 0.05) is 24.8 Å². The van der Waals surface area contributed by atoms with Crippen LogP contribution in [0.15, 0.2) is 41.3 Å². The number of carbonyl (C=O) groups is 2. The molecule has 2 aliphatic heterocycles. The Hall–Kier alpha value is -3.46. The maximum Gasteiger partial charge on any atom is 0.490 e. The summed E-state index contributed by atoms with van der Waals surface area (Å²) in [6, 6.07) is 7.09. The van der Waals surface area contributed by atoms with Crippen LogP contribution >= 0.6 is 0 Å². The maximum atomic E-state index is 13.5. The Morgan fingerprint density at radius 3 is 2.00 bits per heavy atom. The van der Waals surface area contributed by atoms with Gasteiger partial charge in [-0.15, -0.1) is 0 Å². The van der Waals surface area contributed by atoms with Crippen LogP contribution in [0.5, 0.6) is 0 Å². The number of anilines is 2. The predicted octanol–water partition coefficient (Wildman–Crippen LogP) is 4.55. The molecule has 0 saturated carbocycles. The molecule has 0 amide bonds. The second kappa shape index (κ2) is 12.8. The van der Waals surface area contributed by atoms with Crippen LogP contribution in [0, 0.1) is 11.6 Å². The van der Waals surface area contributed by atoms with E-state index in [4.69, 9.17) is 9.90 Å². The van der Waals surface area contributed by atoms with Crippen LogP contribution in [-0.4, -0.2) is 73.9 Å². The maximum absolute atomic E-state index is 13.5. The van der Waals surface area contributed by atoms with Crippen molar-refractivity contribution >= 4 is 33.3 Å². The molecule has 0 radical (unpaired) electrons. The lowest BCUT2D eigenvalue weighted by molar-refractivity contribution is -0.192. The monoisotopic (exact) mass is 593 g/mol. The summed E-state index contributed by atoms with van der Waals surface area (Å²) in [7, 11) is -4.22. The van der Waals surface area contributed by atoms with E-state index in [1.807, 2.05) is 4.90 Å². The van der Waals surface area contributed by atoms with Gasteiger partial charge in [-0.3, -0.25) is 4.72 Å². The number of hydrogen-bond acceptors (Lipinski definition) is 6. The van der Waals surface area contributed by atoms with E-state index in [1.165, 1.54) is 31.4 Å². The van der Waals surface area contributed by atoms with Crippen LogP contribution < -0.4 is 9.62 Å². The quantitative estimate of drug-likeness (QED) is 0.417.